The van der Waals surface area contributed by atoms with E-state index in [0.717, 1.165) is 24.5 Å². The molecule has 0 aromatic heterocycles. The molecule has 1 spiro atoms. The van der Waals surface area contributed by atoms with E-state index in [-0.39, 0.29) is 0 Å². The molecule has 1 unspecified atom stereocenters. The summed E-state index contributed by atoms with van der Waals surface area (Å²) in [6.07, 6.45) is 10.4. The lowest BCUT2D eigenvalue weighted by molar-refractivity contribution is 0.198. The van der Waals surface area contributed by atoms with Crippen LogP contribution < -0.4 is 5.32 Å². The normalized spacial score (nSPS) is 29.0. The summed E-state index contributed by atoms with van der Waals surface area (Å²) < 4.78 is 5.04. The fourth-order valence-corrected chi connectivity index (χ4v) is 3.22. The first kappa shape index (κ1) is 11.4. The third kappa shape index (κ3) is 2.94. The molecule has 2 rings (SSSR count). The largest absolute Gasteiger partial charge is 0.383 e. The smallest absolute Gasteiger partial charge is 0.0587 e. The lowest BCUT2D eigenvalue weighted by atomic mass is 9.94. The topological polar surface area (TPSA) is 21.3 Å². The molecule has 0 aromatic carbocycles. The van der Waals surface area contributed by atoms with Gasteiger partial charge in [0, 0.05) is 13.7 Å². The van der Waals surface area contributed by atoms with Crippen LogP contribution in [0.15, 0.2) is 0 Å². The molecule has 2 saturated carbocycles. The molecule has 0 heterocycles. The Kier molecular flexibility index (Phi) is 4.04. The van der Waals surface area contributed by atoms with Gasteiger partial charge in [-0.25, -0.2) is 0 Å². The van der Waals surface area contributed by atoms with Crippen LogP contribution in [0.3, 0.4) is 0 Å². The Morgan fingerprint density at radius 3 is 2.60 bits per heavy atom. The Morgan fingerprint density at radius 1 is 1.20 bits per heavy atom. The van der Waals surface area contributed by atoms with Crippen LogP contribution in [0.1, 0.15) is 44.9 Å². The van der Waals surface area contributed by atoms with E-state index in [4.69, 9.17) is 4.74 Å². The Balaban J connectivity index is 1.64. The van der Waals surface area contributed by atoms with Gasteiger partial charge in [0.05, 0.1) is 6.61 Å². The second kappa shape index (κ2) is 5.31. The molecule has 0 bridgehead atoms. The average Bonchev–Trinajstić information content (AvgIpc) is 2.98. The summed E-state index contributed by atoms with van der Waals surface area (Å²) in [5.41, 5.74) is 0.774. The number of methoxy groups -OCH3 is 1. The van der Waals surface area contributed by atoms with Crippen molar-refractivity contribution in [1.82, 2.24) is 5.32 Å². The van der Waals surface area contributed by atoms with Crippen molar-refractivity contribution in [1.29, 1.82) is 0 Å². The van der Waals surface area contributed by atoms with Crippen molar-refractivity contribution in [2.45, 2.75) is 44.9 Å². The zero-order valence-electron chi connectivity index (χ0n) is 10.1. The lowest BCUT2D eigenvalue weighted by Crippen LogP contribution is -2.23. The van der Waals surface area contributed by atoms with E-state index in [1.165, 1.54) is 51.5 Å². The van der Waals surface area contributed by atoms with E-state index in [9.17, 15) is 0 Å². The van der Waals surface area contributed by atoms with Crippen molar-refractivity contribution in [3.8, 4) is 0 Å². The summed E-state index contributed by atoms with van der Waals surface area (Å²) in [7, 11) is 1.77. The standard InChI is InChI=1S/C13H25NO/c1-15-9-8-14-11-12-10-13(12)6-4-2-3-5-7-13/h12,14H,2-11H2,1H3. The first-order valence-corrected chi connectivity index (χ1v) is 6.57. The van der Waals surface area contributed by atoms with Crippen molar-refractivity contribution < 1.29 is 4.74 Å². The van der Waals surface area contributed by atoms with Crippen LogP contribution in [0.25, 0.3) is 0 Å². The minimum absolute atomic E-state index is 0.774. The number of hydrogen-bond acceptors (Lipinski definition) is 2. The van der Waals surface area contributed by atoms with Crippen molar-refractivity contribution >= 4 is 0 Å². The van der Waals surface area contributed by atoms with Gasteiger partial charge in [-0.05, 0) is 37.1 Å². The van der Waals surface area contributed by atoms with Crippen molar-refractivity contribution in [2.75, 3.05) is 26.8 Å². The molecule has 15 heavy (non-hydrogen) atoms. The highest BCUT2D eigenvalue weighted by atomic mass is 16.5. The van der Waals surface area contributed by atoms with E-state index in [2.05, 4.69) is 5.32 Å². The Morgan fingerprint density at radius 2 is 1.93 bits per heavy atom. The van der Waals surface area contributed by atoms with Crippen LogP contribution >= 0.6 is 0 Å². The maximum atomic E-state index is 5.04. The number of hydrogen-bond donors (Lipinski definition) is 1. The summed E-state index contributed by atoms with van der Waals surface area (Å²) in [5.74, 6) is 0.979. The molecule has 2 nitrogen and oxygen atoms in total. The van der Waals surface area contributed by atoms with E-state index >= 15 is 0 Å². The van der Waals surface area contributed by atoms with Gasteiger partial charge < -0.3 is 10.1 Å². The summed E-state index contributed by atoms with van der Waals surface area (Å²) in [6, 6.07) is 0. The van der Waals surface area contributed by atoms with Crippen LogP contribution in [-0.4, -0.2) is 26.8 Å². The second-order valence-corrected chi connectivity index (χ2v) is 5.37. The molecule has 0 aromatic rings. The monoisotopic (exact) mass is 211 g/mol. The first-order valence-electron chi connectivity index (χ1n) is 6.57. The highest BCUT2D eigenvalue weighted by Crippen LogP contribution is 2.60. The Hall–Kier alpha value is -0.0800. The molecule has 2 aliphatic carbocycles. The lowest BCUT2D eigenvalue weighted by Gasteiger charge is -2.14. The summed E-state index contributed by atoms with van der Waals surface area (Å²) >= 11 is 0. The van der Waals surface area contributed by atoms with E-state index in [1.54, 1.807) is 7.11 Å². The molecular formula is C13H25NO. The SMILES string of the molecule is COCCNCC1CC12CCCCCC2. The van der Waals surface area contributed by atoms with Crippen molar-refractivity contribution in [2.24, 2.45) is 11.3 Å². The number of ether oxygens (including phenoxy) is 1. The van der Waals surface area contributed by atoms with Crippen molar-refractivity contribution in [3.63, 3.8) is 0 Å². The Bertz CT molecular complexity index is 185. The molecule has 0 radical (unpaired) electrons. The Labute approximate surface area is 93.8 Å². The maximum Gasteiger partial charge on any atom is 0.0587 e. The third-order valence-electron chi connectivity index (χ3n) is 4.33. The predicted molar refractivity (Wildman–Crippen MR) is 63.0 cm³/mol. The molecule has 2 heteroatoms. The van der Waals surface area contributed by atoms with Gasteiger partial charge in [-0.15, -0.1) is 0 Å². The fourth-order valence-electron chi connectivity index (χ4n) is 3.22. The molecule has 2 aliphatic rings. The van der Waals surface area contributed by atoms with Gasteiger partial charge in [0.2, 0.25) is 0 Å². The minimum atomic E-state index is 0.774. The van der Waals surface area contributed by atoms with Crippen LogP contribution in [-0.2, 0) is 4.74 Å². The summed E-state index contributed by atoms with van der Waals surface area (Å²) in [5, 5.41) is 3.52. The summed E-state index contributed by atoms with van der Waals surface area (Å²) in [4.78, 5) is 0. The van der Waals surface area contributed by atoms with E-state index in [0.29, 0.717) is 0 Å². The van der Waals surface area contributed by atoms with Crippen LogP contribution in [0.4, 0.5) is 0 Å². The van der Waals surface area contributed by atoms with E-state index in [1.807, 2.05) is 0 Å². The van der Waals surface area contributed by atoms with Gasteiger partial charge in [0.1, 0.15) is 0 Å². The van der Waals surface area contributed by atoms with Crippen LogP contribution in [0.5, 0.6) is 0 Å². The summed E-state index contributed by atoms with van der Waals surface area (Å²) in [6.45, 7) is 3.09. The quantitative estimate of drug-likeness (QED) is 0.706. The third-order valence-corrected chi connectivity index (χ3v) is 4.33. The van der Waals surface area contributed by atoms with Gasteiger partial charge in [0.15, 0.2) is 0 Å². The van der Waals surface area contributed by atoms with Gasteiger partial charge in [-0.1, -0.05) is 25.7 Å². The van der Waals surface area contributed by atoms with Crippen molar-refractivity contribution in [3.05, 3.63) is 0 Å². The zero-order chi connectivity index (χ0) is 10.6. The average molecular weight is 211 g/mol. The number of nitrogens with one attached hydrogen (secondary N) is 1. The number of rotatable bonds is 5. The molecule has 0 amide bonds. The predicted octanol–water partition coefficient (Wildman–Crippen LogP) is 2.58. The molecule has 1 N–H and O–H groups in total. The molecule has 1 atom stereocenters. The zero-order valence-corrected chi connectivity index (χ0v) is 10.1. The van der Waals surface area contributed by atoms with Gasteiger partial charge in [-0.3, -0.25) is 0 Å². The van der Waals surface area contributed by atoms with Gasteiger partial charge in [-0.2, -0.15) is 0 Å². The molecular weight excluding hydrogens is 186 g/mol. The van der Waals surface area contributed by atoms with Gasteiger partial charge >= 0.3 is 0 Å². The fraction of sp³-hybridized carbons (Fsp3) is 1.00. The molecule has 0 aliphatic heterocycles. The van der Waals surface area contributed by atoms with E-state index < -0.39 is 0 Å². The highest BCUT2D eigenvalue weighted by Gasteiger charge is 2.52. The molecule has 2 fully saturated rings. The van der Waals surface area contributed by atoms with Gasteiger partial charge in [0.25, 0.3) is 0 Å². The highest BCUT2D eigenvalue weighted by molar-refractivity contribution is 5.03. The van der Waals surface area contributed by atoms with Crippen LogP contribution in [0, 0.1) is 11.3 Å². The minimum Gasteiger partial charge on any atom is -0.383 e. The molecule has 0 saturated heterocycles. The maximum absolute atomic E-state index is 5.04. The second-order valence-electron chi connectivity index (χ2n) is 5.37. The molecule has 88 valence electrons. The van der Waals surface area contributed by atoms with Crippen LogP contribution in [0.2, 0.25) is 0 Å². The first-order chi connectivity index (χ1) is 7.37.